The molecule has 2 fully saturated rings. The van der Waals surface area contributed by atoms with Gasteiger partial charge in [-0.2, -0.15) is 0 Å². The topological polar surface area (TPSA) is 49.5 Å². The zero-order valence-corrected chi connectivity index (χ0v) is 16.8. The fourth-order valence-corrected chi connectivity index (χ4v) is 4.67. The average molecular weight is 389 g/mol. The van der Waals surface area contributed by atoms with Crippen LogP contribution in [-0.2, 0) is 5.41 Å². The Hall–Kier alpha value is -2.59. The Kier molecular flexibility index (Phi) is 4.88. The van der Waals surface area contributed by atoms with Gasteiger partial charge in [-0.15, -0.1) is 0 Å². The van der Waals surface area contributed by atoms with Gasteiger partial charge in [0.1, 0.15) is 11.4 Å². The molecule has 1 saturated carbocycles. The van der Waals surface area contributed by atoms with Crippen molar-refractivity contribution in [1.29, 1.82) is 0 Å². The highest BCUT2D eigenvalue weighted by atomic mass is 16.5. The minimum absolute atomic E-state index is 0.0810. The maximum absolute atomic E-state index is 9.69. The second-order valence-corrected chi connectivity index (χ2v) is 8.62. The van der Waals surface area contributed by atoms with Gasteiger partial charge >= 0.3 is 0 Å². The number of rotatable bonds is 5. The van der Waals surface area contributed by atoms with Gasteiger partial charge in [-0.3, -0.25) is 0 Å². The van der Waals surface area contributed by atoms with E-state index in [4.69, 9.17) is 4.52 Å². The van der Waals surface area contributed by atoms with E-state index < -0.39 is 0 Å². The van der Waals surface area contributed by atoms with E-state index in [0.717, 1.165) is 47.5 Å². The van der Waals surface area contributed by atoms with E-state index in [1.165, 1.54) is 38.8 Å². The summed E-state index contributed by atoms with van der Waals surface area (Å²) < 4.78 is 6.10. The van der Waals surface area contributed by atoms with Crippen molar-refractivity contribution < 1.29 is 9.63 Å². The summed E-state index contributed by atoms with van der Waals surface area (Å²) in [5, 5.41) is 14.2. The number of nitrogens with zero attached hydrogens (tertiary/aromatic N) is 2. The Morgan fingerprint density at radius 3 is 2.21 bits per heavy atom. The van der Waals surface area contributed by atoms with Crippen LogP contribution in [0.2, 0.25) is 0 Å². The number of likely N-dealkylation sites (tertiary alicyclic amines) is 1. The molecule has 0 amide bonds. The zero-order chi connectivity index (χ0) is 19.7. The molecule has 0 radical (unpaired) electrons. The van der Waals surface area contributed by atoms with E-state index in [1.807, 2.05) is 18.2 Å². The summed E-state index contributed by atoms with van der Waals surface area (Å²) in [7, 11) is 0. The lowest BCUT2D eigenvalue weighted by atomic mass is 9.91. The monoisotopic (exact) mass is 388 g/mol. The molecule has 1 aliphatic heterocycles. The molecular weight excluding hydrogens is 360 g/mol. The molecule has 1 N–H and O–H groups in total. The number of hydrogen-bond acceptors (Lipinski definition) is 4. The quantitative estimate of drug-likeness (QED) is 0.616. The van der Waals surface area contributed by atoms with Crippen molar-refractivity contribution in [3.63, 3.8) is 0 Å². The van der Waals surface area contributed by atoms with E-state index in [0.29, 0.717) is 0 Å². The van der Waals surface area contributed by atoms with Gasteiger partial charge in [0.15, 0.2) is 5.76 Å². The van der Waals surface area contributed by atoms with Gasteiger partial charge in [0.25, 0.3) is 0 Å². The van der Waals surface area contributed by atoms with Crippen LogP contribution in [0.15, 0.2) is 59.1 Å². The second kappa shape index (κ2) is 7.68. The summed E-state index contributed by atoms with van der Waals surface area (Å²) >= 11 is 0. The van der Waals surface area contributed by atoms with Gasteiger partial charge in [-0.1, -0.05) is 48.3 Å². The summed E-state index contributed by atoms with van der Waals surface area (Å²) in [6, 6.07) is 17.7. The minimum atomic E-state index is 0.0810. The number of aromatic nitrogens is 1. The molecule has 2 heterocycles. The van der Waals surface area contributed by atoms with E-state index in [1.54, 1.807) is 12.1 Å². The van der Waals surface area contributed by atoms with Crippen molar-refractivity contribution in [3.05, 3.63) is 60.4 Å². The first-order valence-electron chi connectivity index (χ1n) is 10.8. The Morgan fingerprint density at radius 1 is 0.862 bits per heavy atom. The Morgan fingerprint density at radius 2 is 1.55 bits per heavy atom. The molecule has 2 aliphatic rings. The first-order chi connectivity index (χ1) is 14.3. The van der Waals surface area contributed by atoms with Crippen LogP contribution in [0.1, 0.15) is 44.3 Å². The van der Waals surface area contributed by atoms with E-state index >= 15 is 0 Å². The van der Waals surface area contributed by atoms with Crippen molar-refractivity contribution in [2.24, 2.45) is 0 Å². The smallest absolute Gasteiger partial charge is 0.152 e. The molecule has 1 saturated heterocycles. The first kappa shape index (κ1) is 18.4. The van der Waals surface area contributed by atoms with Crippen LogP contribution in [0.25, 0.3) is 22.4 Å². The van der Waals surface area contributed by atoms with Crippen LogP contribution in [0.4, 0.5) is 0 Å². The minimum Gasteiger partial charge on any atom is -0.508 e. The number of phenols is 1. The third-order valence-corrected chi connectivity index (χ3v) is 6.46. The first-order valence-corrected chi connectivity index (χ1v) is 10.8. The molecule has 2 aromatic carbocycles. The molecule has 1 aliphatic carbocycles. The van der Waals surface area contributed by atoms with Crippen molar-refractivity contribution in [1.82, 2.24) is 10.1 Å². The predicted molar refractivity (Wildman–Crippen MR) is 115 cm³/mol. The highest BCUT2D eigenvalue weighted by Crippen LogP contribution is 2.53. The Balaban J connectivity index is 1.55. The van der Waals surface area contributed by atoms with Crippen LogP contribution < -0.4 is 0 Å². The third kappa shape index (κ3) is 3.69. The summed E-state index contributed by atoms with van der Waals surface area (Å²) in [5.41, 5.74) is 4.19. The summed E-state index contributed by atoms with van der Waals surface area (Å²) in [6.45, 7) is 3.46. The van der Waals surface area contributed by atoms with Crippen LogP contribution in [0.5, 0.6) is 5.75 Å². The maximum atomic E-state index is 9.69. The third-order valence-electron chi connectivity index (χ3n) is 6.46. The summed E-state index contributed by atoms with van der Waals surface area (Å²) in [5.74, 6) is 1.30. The maximum Gasteiger partial charge on any atom is 0.152 e. The largest absolute Gasteiger partial charge is 0.508 e. The molecule has 1 aromatic heterocycles. The van der Waals surface area contributed by atoms with Gasteiger partial charge in [-0.25, -0.2) is 0 Å². The molecule has 4 nitrogen and oxygen atoms in total. The highest BCUT2D eigenvalue weighted by molar-refractivity contribution is 5.83. The molecule has 0 spiro atoms. The summed E-state index contributed by atoms with van der Waals surface area (Å²) in [6.07, 6.45) is 7.63. The molecule has 150 valence electrons. The average Bonchev–Trinajstić information content (AvgIpc) is 3.46. The standard InChI is InChI=1S/C25H28N2O2/c28-21-12-10-20(11-13-21)23-22(19-8-4-3-5-9-19)24(29-26-23)25(14-15-25)18-27-16-6-1-2-7-17-27/h3-5,8-13,28H,1-2,6-7,14-18H2. The van der Waals surface area contributed by atoms with Crippen LogP contribution in [-0.4, -0.2) is 34.8 Å². The van der Waals surface area contributed by atoms with E-state index in [9.17, 15) is 5.11 Å². The predicted octanol–water partition coefficient (Wildman–Crippen LogP) is 5.62. The Labute approximate surface area is 172 Å². The molecule has 5 rings (SSSR count). The van der Waals surface area contributed by atoms with Crippen LogP contribution in [0.3, 0.4) is 0 Å². The second-order valence-electron chi connectivity index (χ2n) is 8.62. The van der Waals surface area contributed by atoms with Gasteiger partial charge in [0, 0.05) is 17.5 Å². The van der Waals surface area contributed by atoms with Crippen LogP contribution >= 0.6 is 0 Å². The molecule has 3 aromatic rings. The molecule has 4 heteroatoms. The molecule has 0 unspecified atom stereocenters. The molecule has 0 atom stereocenters. The van der Waals surface area contributed by atoms with Crippen molar-refractivity contribution >= 4 is 0 Å². The van der Waals surface area contributed by atoms with Crippen molar-refractivity contribution in [2.45, 2.75) is 43.9 Å². The zero-order valence-electron chi connectivity index (χ0n) is 16.8. The fraction of sp³-hybridized carbons (Fsp3) is 0.400. The molecule has 29 heavy (non-hydrogen) atoms. The van der Waals surface area contributed by atoms with E-state index in [-0.39, 0.29) is 11.2 Å². The lowest BCUT2D eigenvalue weighted by Crippen LogP contribution is -2.33. The van der Waals surface area contributed by atoms with Gasteiger partial charge < -0.3 is 14.5 Å². The Bertz CT molecular complexity index is 950. The highest BCUT2D eigenvalue weighted by Gasteiger charge is 2.51. The normalized spacial score (nSPS) is 19.0. The fourth-order valence-electron chi connectivity index (χ4n) is 4.67. The van der Waals surface area contributed by atoms with Crippen LogP contribution in [0, 0.1) is 0 Å². The summed E-state index contributed by atoms with van der Waals surface area (Å²) in [4.78, 5) is 2.64. The number of hydrogen-bond donors (Lipinski definition) is 1. The number of aromatic hydroxyl groups is 1. The lowest BCUT2D eigenvalue weighted by molar-refractivity contribution is 0.236. The van der Waals surface area contributed by atoms with Gasteiger partial charge in [0.2, 0.25) is 0 Å². The SMILES string of the molecule is Oc1ccc(-c2noc(C3(CN4CCCCCC4)CC3)c2-c2ccccc2)cc1. The van der Waals surface area contributed by atoms with Crippen molar-refractivity contribution in [3.8, 4) is 28.1 Å². The number of phenolic OH excluding ortho intramolecular Hbond substituents is 1. The van der Waals surface area contributed by atoms with E-state index in [2.05, 4.69) is 34.3 Å². The van der Waals surface area contributed by atoms with Gasteiger partial charge in [0.05, 0.1) is 5.56 Å². The number of benzene rings is 2. The van der Waals surface area contributed by atoms with Crippen molar-refractivity contribution in [2.75, 3.05) is 19.6 Å². The van der Waals surface area contributed by atoms with Gasteiger partial charge in [-0.05, 0) is 68.6 Å². The molecule has 0 bridgehead atoms. The lowest BCUT2D eigenvalue weighted by Gasteiger charge is -2.25. The molecular formula is C25H28N2O2.